The average molecular weight is 526 g/mol. The van der Waals surface area contributed by atoms with E-state index in [2.05, 4.69) is 25.9 Å². The fourth-order valence-electron chi connectivity index (χ4n) is 5.90. The third-order valence-electron chi connectivity index (χ3n) is 7.95. The van der Waals surface area contributed by atoms with E-state index < -0.39 is 24.3 Å². The Morgan fingerprint density at radius 2 is 2.00 bits per heavy atom. The number of methoxy groups -OCH3 is 1. The summed E-state index contributed by atoms with van der Waals surface area (Å²) in [7, 11) is 3.48. The van der Waals surface area contributed by atoms with Crippen LogP contribution in [0.4, 0.5) is 26.4 Å². The van der Waals surface area contributed by atoms with Gasteiger partial charge in [0.15, 0.2) is 5.65 Å². The predicted octanol–water partition coefficient (Wildman–Crippen LogP) is 3.47. The highest BCUT2D eigenvalue weighted by Gasteiger charge is 2.37. The first-order chi connectivity index (χ1) is 18.4. The number of halogens is 1. The van der Waals surface area contributed by atoms with Gasteiger partial charge in [0.25, 0.3) is 5.56 Å². The van der Waals surface area contributed by atoms with Crippen LogP contribution in [-0.4, -0.2) is 63.7 Å². The Morgan fingerprint density at radius 3 is 2.76 bits per heavy atom. The number of nitrogens with zero attached hydrogens (tertiary/aromatic N) is 4. The molecule has 2 aliphatic carbocycles. The van der Waals surface area contributed by atoms with E-state index in [4.69, 9.17) is 9.47 Å². The minimum Gasteiger partial charge on any atom is -0.386 e. The van der Waals surface area contributed by atoms with Crippen LogP contribution in [0.5, 0.6) is 0 Å². The van der Waals surface area contributed by atoms with Crippen LogP contribution in [0.1, 0.15) is 50.1 Å². The first kappa shape index (κ1) is 24.8. The lowest BCUT2D eigenvalue weighted by molar-refractivity contribution is 0.0268. The van der Waals surface area contributed by atoms with Gasteiger partial charge in [0.1, 0.15) is 29.5 Å². The van der Waals surface area contributed by atoms with Gasteiger partial charge < -0.3 is 30.0 Å². The molecule has 1 amide bonds. The highest BCUT2D eigenvalue weighted by Crippen LogP contribution is 2.32. The topological polar surface area (TPSA) is 124 Å². The maximum atomic E-state index is 14.5. The molecule has 0 aromatic carbocycles. The molecule has 1 unspecified atom stereocenters. The molecule has 3 aromatic heterocycles. The van der Waals surface area contributed by atoms with Crippen molar-refractivity contribution in [2.45, 2.75) is 75.6 Å². The van der Waals surface area contributed by atoms with E-state index in [0.29, 0.717) is 28.4 Å². The number of carbonyl (C=O) groups is 1. The number of alkyl halides is 1. The number of amides is 1. The summed E-state index contributed by atoms with van der Waals surface area (Å²) in [6.07, 6.45) is 5.64. The number of pyridine rings is 2. The molecule has 0 spiro atoms. The lowest BCUT2D eigenvalue weighted by Gasteiger charge is -2.30. The normalized spacial score (nSPS) is 27.4. The minimum atomic E-state index is -1.08. The highest BCUT2D eigenvalue weighted by atomic mass is 19.1. The lowest BCUT2D eigenvalue weighted by atomic mass is 9.92. The molecule has 6 rings (SSSR count). The Hall–Kier alpha value is -3.51. The Balaban J connectivity index is 1.46. The smallest absolute Gasteiger partial charge is 0.328 e. The molecule has 3 atom stereocenters. The first-order valence-electron chi connectivity index (χ1n) is 13.1. The van der Waals surface area contributed by atoms with Crippen LogP contribution in [0.2, 0.25) is 0 Å². The van der Waals surface area contributed by atoms with Crippen molar-refractivity contribution < 1.29 is 18.7 Å². The zero-order valence-electron chi connectivity index (χ0n) is 21.4. The van der Waals surface area contributed by atoms with E-state index in [9.17, 15) is 14.0 Å². The van der Waals surface area contributed by atoms with Gasteiger partial charge in [-0.25, -0.2) is 23.7 Å². The van der Waals surface area contributed by atoms with Gasteiger partial charge in [-0.15, -0.1) is 0 Å². The maximum Gasteiger partial charge on any atom is 0.328 e. The molecule has 2 saturated carbocycles. The van der Waals surface area contributed by atoms with E-state index in [-0.39, 0.29) is 37.2 Å². The van der Waals surface area contributed by atoms with Crippen molar-refractivity contribution in [2.24, 2.45) is 0 Å². The molecule has 0 radical (unpaired) electrons. The molecule has 3 N–H and O–H groups in total. The van der Waals surface area contributed by atoms with Gasteiger partial charge >= 0.3 is 6.03 Å². The molecule has 38 heavy (non-hydrogen) atoms. The molecule has 11 nitrogen and oxygen atoms in total. The van der Waals surface area contributed by atoms with E-state index in [0.717, 1.165) is 31.2 Å². The van der Waals surface area contributed by atoms with Crippen LogP contribution < -0.4 is 21.5 Å². The maximum absolute atomic E-state index is 14.5. The molecule has 4 heterocycles. The van der Waals surface area contributed by atoms with Crippen molar-refractivity contribution in [3.05, 3.63) is 40.6 Å². The number of fused-ring (bicyclic) bond motifs is 4. The standard InChI is InChI=1S/C26H32FN7O4/c1-28-19-10-22-30-20-7-14(11-33(25(20)35)16-3-5-17(37-2)6-4-16)12-38-21-9-15(27)8-18(21)31-26(36)34-13-29-23(19)24(34)32-22/h7,10-11,13,15-18,21H,3-6,8-9,12H2,1-2H3,(H,31,36)(H2,28,30,32)/t15-,16?,17?,18?,21-/m1/s1. The summed E-state index contributed by atoms with van der Waals surface area (Å²) in [5.41, 5.74) is 2.44. The van der Waals surface area contributed by atoms with Crippen LogP contribution in [0.3, 0.4) is 0 Å². The number of hydrogen-bond acceptors (Lipinski definition) is 8. The number of carbonyl (C=O) groups excluding carboxylic acids is 1. The number of anilines is 3. The van der Waals surface area contributed by atoms with E-state index in [1.807, 2.05) is 6.20 Å². The summed E-state index contributed by atoms with van der Waals surface area (Å²) < 4.78 is 29.2. The SMILES string of the molecule is CNc1cc2nc3c1ncn3C(=O)NC1C[C@@H](F)C[C@H]1OCc1cc(c(=O)n(C3CCC(OC)CC3)c1)N2. The van der Waals surface area contributed by atoms with Crippen molar-refractivity contribution in [1.82, 2.24) is 24.4 Å². The molecular formula is C26H32FN7O4. The second-order valence-electron chi connectivity index (χ2n) is 10.3. The molecular weight excluding hydrogens is 493 g/mol. The van der Waals surface area contributed by atoms with Gasteiger partial charge in [-0.3, -0.25) is 4.79 Å². The van der Waals surface area contributed by atoms with Crippen molar-refractivity contribution in [2.75, 3.05) is 24.8 Å². The Kier molecular flexibility index (Phi) is 6.52. The van der Waals surface area contributed by atoms with Gasteiger partial charge in [-0.2, -0.15) is 0 Å². The quantitative estimate of drug-likeness (QED) is 0.475. The van der Waals surface area contributed by atoms with Gasteiger partial charge in [0, 0.05) is 45.3 Å². The molecule has 3 aliphatic rings. The summed E-state index contributed by atoms with van der Waals surface area (Å²) in [6.45, 7) is 0.177. The molecule has 1 aliphatic heterocycles. The minimum absolute atomic E-state index is 0.0340. The summed E-state index contributed by atoms with van der Waals surface area (Å²) in [6, 6.07) is 2.59. The number of nitrogens with one attached hydrogen (secondary N) is 3. The Bertz CT molecular complexity index is 1410. The van der Waals surface area contributed by atoms with Gasteiger partial charge in [0.05, 0.1) is 30.5 Å². The van der Waals surface area contributed by atoms with Crippen LogP contribution >= 0.6 is 0 Å². The van der Waals surface area contributed by atoms with Crippen molar-refractivity contribution in [1.29, 1.82) is 0 Å². The zero-order chi connectivity index (χ0) is 26.4. The second-order valence-corrected chi connectivity index (χ2v) is 10.3. The zero-order valence-corrected chi connectivity index (χ0v) is 21.4. The van der Waals surface area contributed by atoms with Crippen LogP contribution in [0.15, 0.2) is 29.5 Å². The van der Waals surface area contributed by atoms with Gasteiger partial charge in [0.2, 0.25) is 0 Å². The average Bonchev–Trinajstić information content (AvgIpc) is 3.50. The lowest BCUT2D eigenvalue weighted by Crippen LogP contribution is -2.43. The summed E-state index contributed by atoms with van der Waals surface area (Å²) >= 11 is 0. The van der Waals surface area contributed by atoms with Gasteiger partial charge in [-0.05, 0) is 37.3 Å². The van der Waals surface area contributed by atoms with Crippen LogP contribution in [0.25, 0.3) is 11.2 Å². The molecule has 3 aromatic rings. The molecule has 202 valence electrons. The monoisotopic (exact) mass is 525 g/mol. The predicted molar refractivity (Wildman–Crippen MR) is 140 cm³/mol. The van der Waals surface area contributed by atoms with Crippen molar-refractivity contribution in [3.63, 3.8) is 0 Å². The summed E-state index contributed by atoms with van der Waals surface area (Å²) in [4.78, 5) is 35.9. The van der Waals surface area contributed by atoms with Crippen LogP contribution in [0, 0.1) is 0 Å². The Labute approximate surface area is 218 Å². The summed E-state index contributed by atoms with van der Waals surface area (Å²) in [5, 5.41) is 9.19. The van der Waals surface area contributed by atoms with Crippen molar-refractivity contribution >= 4 is 34.4 Å². The molecule has 0 saturated heterocycles. The van der Waals surface area contributed by atoms with E-state index >= 15 is 0 Å². The fraction of sp³-hybridized carbons (Fsp3) is 0.538. The first-order valence-corrected chi connectivity index (χ1v) is 13.1. The fourth-order valence-corrected chi connectivity index (χ4v) is 5.90. The third kappa shape index (κ3) is 4.51. The number of ether oxygens (including phenoxy) is 2. The van der Waals surface area contributed by atoms with E-state index in [1.54, 1.807) is 30.9 Å². The Morgan fingerprint density at radius 1 is 1.18 bits per heavy atom. The molecule has 2 fully saturated rings. The third-order valence-corrected chi connectivity index (χ3v) is 7.95. The number of hydrogen-bond donors (Lipinski definition) is 3. The van der Waals surface area contributed by atoms with Crippen LogP contribution in [-0.2, 0) is 16.1 Å². The molecule has 12 heteroatoms. The van der Waals surface area contributed by atoms with Gasteiger partial charge in [-0.1, -0.05) is 0 Å². The summed E-state index contributed by atoms with van der Waals surface area (Å²) in [5.74, 6) is 0.390. The van der Waals surface area contributed by atoms with Crippen molar-refractivity contribution in [3.8, 4) is 0 Å². The molecule has 4 bridgehead atoms. The number of aromatic nitrogens is 4. The second kappa shape index (κ2) is 9.99. The largest absolute Gasteiger partial charge is 0.386 e. The number of imidazole rings is 1. The number of rotatable bonds is 3. The highest BCUT2D eigenvalue weighted by molar-refractivity contribution is 5.94. The van der Waals surface area contributed by atoms with E-state index in [1.165, 1.54) is 10.9 Å².